The van der Waals surface area contributed by atoms with E-state index in [1.165, 1.54) is 0 Å². The molecule has 100 valence electrons. The van der Waals surface area contributed by atoms with E-state index < -0.39 is 0 Å². The molecule has 0 radical (unpaired) electrons. The van der Waals surface area contributed by atoms with E-state index in [4.69, 9.17) is 21.3 Å². The monoisotopic (exact) mass is 276 g/mol. The van der Waals surface area contributed by atoms with Crippen molar-refractivity contribution >= 4 is 28.2 Å². The molecule has 0 amide bonds. The van der Waals surface area contributed by atoms with Gasteiger partial charge in [0.05, 0.1) is 35.1 Å². The highest BCUT2D eigenvalue weighted by molar-refractivity contribution is 6.36. The van der Waals surface area contributed by atoms with Crippen LogP contribution in [0.2, 0.25) is 5.02 Å². The van der Waals surface area contributed by atoms with Crippen molar-refractivity contribution in [2.75, 3.05) is 18.5 Å². The van der Waals surface area contributed by atoms with Gasteiger partial charge in [0.1, 0.15) is 0 Å². The minimum absolute atomic E-state index is 0.616. The van der Waals surface area contributed by atoms with E-state index in [0.29, 0.717) is 6.61 Å². The fourth-order valence-corrected chi connectivity index (χ4v) is 2.87. The van der Waals surface area contributed by atoms with Crippen molar-refractivity contribution < 1.29 is 4.74 Å². The maximum Gasteiger partial charge on any atom is 0.0770 e. The Morgan fingerprint density at radius 2 is 2.26 bits per heavy atom. The number of nitrogens with zero attached hydrogens (tertiary/aromatic N) is 1. The molecular weight excluding hydrogens is 260 g/mol. The number of nitrogens with one attached hydrogen (secondary N) is 1. The van der Waals surface area contributed by atoms with Gasteiger partial charge in [-0.05, 0) is 25.5 Å². The van der Waals surface area contributed by atoms with Gasteiger partial charge in [0.2, 0.25) is 0 Å². The van der Waals surface area contributed by atoms with Gasteiger partial charge in [0, 0.05) is 23.9 Å². The summed E-state index contributed by atoms with van der Waals surface area (Å²) in [4.78, 5) is 4.81. The summed E-state index contributed by atoms with van der Waals surface area (Å²) in [6.45, 7) is 6.39. The molecule has 1 aliphatic rings. The second-order valence-corrected chi connectivity index (χ2v) is 5.24. The summed E-state index contributed by atoms with van der Waals surface area (Å²) in [7, 11) is 0. The zero-order chi connectivity index (χ0) is 13.4. The number of fused-ring (bicyclic) bond motifs is 2. The third-order valence-corrected chi connectivity index (χ3v) is 3.87. The van der Waals surface area contributed by atoms with Crippen LogP contribution in [-0.2, 0) is 17.8 Å². The zero-order valence-electron chi connectivity index (χ0n) is 11.2. The molecule has 0 unspecified atom stereocenters. The minimum atomic E-state index is 0.616. The molecule has 4 heteroatoms. The van der Waals surface area contributed by atoms with Gasteiger partial charge < -0.3 is 10.1 Å². The number of hydrogen-bond donors (Lipinski definition) is 1. The second-order valence-electron chi connectivity index (χ2n) is 4.83. The van der Waals surface area contributed by atoms with Crippen LogP contribution in [0.15, 0.2) is 12.1 Å². The predicted molar refractivity (Wildman–Crippen MR) is 79.0 cm³/mol. The molecule has 0 saturated carbocycles. The van der Waals surface area contributed by atoms with Crippen LogP contribution in [-0.4, -0.2) is 18.1 Å². The van der Waals surface area contributed by atoms with Crippen LogP contribution in [0.4, 0.5) is 5.69 Å². The van der Waals surface area contributed by atoms with Crippen molar-refractivity contribution in [3.63, 3.8) is 0 Å². The van der Waals surface area contributed by atoms with Crippen molar-refractivity contribution in [2.24, 2.45) is 0 Å². The number of aromatic nitrogens is 1. The number of benzene rings is 1. The number of halogens is 1. The SMILES string of the molecule is CCNc1c2c(nc3c(C)ccc(Cl)c13)CCOC2. The average molecular weight is 277 g/mol. The van der Waals surface area contributed by atoms with E-state index in [-0.39, 0.29) is 0 Å². The molecule has 0 fully saturated rings. The van der Waals surface area contributed by atoms with Crippen LogP contribution in [0.5, 0.6) is 0 Å². The number of rotatable bonds is 2. The second kappa shape index (κ2) is 4.99. The molecule has 0 atom stereocenters. The van der Waals surface area contributed by atoms with E-state index in [1.807, 2.05) is 12.1 Å². The van der Waals surface area contributed by atoms with Crippen LogP contribution in [0, 0.1) is 6.92 Å². The van der Waals surface area contributed by atoms with Crippen LogP contribution < -0.4 is 5.32 Å². The van der Waals surface area contributed by atoms with Gasteiger partial charge in [-0.1, -0.05) is 17.7 Å². The van der Waals surface area contributed by atoms with Gasteiger partial charge in [-0.2, -0.15) is 0 Å². The molecule has 0 spiro atoms. The van der Waals surface area contributed by atoms with Gasteiger partial charge >= 0.3 is 0 Å². The standard InChI is InChI=1S/C15H17ClN2O/c1-3-17-15-10-8-19-7-6-12(10)18-14-9(2)4-5-11(16)13(14)15/h4-5H,3,6-8H2,1-2H3,(H,17,18). The number of hydrogen-bond acceptors (Lipinski definition) is 3. The normalized spacial score (nSPS) is 14.5. The summed E-state index contributed by atoms with van der Waals surface area (Å²) in [6.07, 6.45) is 0.871. The number of ether oxygens (including phenoxy) is 1. The van der Waals surface area contributed by atoms with E-state index in [2.05, 4.69) is 19.2 Å². The Bertz CT molecular complexity index is 640. The first-order valence-electron chi connectivity index (χ1n) is 6.64. The fraction of sp³-hybridized carbons (Fsp3) is 0.400. The number of pyridine rings is 1. The molecule has 0 aliphatic carbocycles. The lowest BCUT2D eigenvalue weighted by Crippen LogP contribution is -2.15. The Balaban J connectivity index is 2.39. The Labute approximate surface area is 117 Å². The van der Waals surface area contributed by atoms with Gasteiger partial charge in [-0.15, -0.1) is 0 Å². The lowest BCUT2D eigenvalue weighted by Gasteiger charge is -2.22. The summed E-state index contributed by atoms with van der Waals surface area (Å²) in [5, 5.41) is 5.21. The molecule has 0 saturated heterocycles. The first-order valence-corrected chi connectivity index (χ1v) is 7.02. The van der Waals surface area contributed by atoms with E-state index in [1.54, 1.807) is 0 Å². The first kappa shape index (κ1) is 12.7. The molecule has 3 rings (SSSR count). The molecule has 2 aromatic rings. The Kier molecular flexibility index (Phi) is 3.33. The molecule has 1 aliphatic heterocycles. The van der Waals surface area contributed by atoms with Crippen molar-refractivity contribution in [2.45, 2.75) is 26.9 Å². The average Bonchev–Trinajstić information content (AvgIpc) is 2.43. The smallest absolute Gasteiger partial charge is 0.0770 e. The minimum Gasteiger partial charge on any atom is -0.384 e. The molecule has 1 aromatic carbocycles. The largest absolute Gasteiger partial charge is 0.384 e. The maximum atomic E-state index is 6.39. The van der Waals surface area contributed by atoms with Gasteiger partial charge in [-0.3, -0.25) is 4.98 Å². The van der Waals surface area contributed by atoms with Crippen LogP contribution in [0.3, 0.4) is 0 Å². The van der Waals surface area contributed by atoms with E-state index in [0.717, 1.165) is 58.0 Å². The highest BCUT2D eigenvalue weighted by atomic mass is 35.5. The molecule has 2 heterocycles. The molecule has 3 nitrogen and oxygen atoms in total. The molecule has 1 aromatic heterocycles. The topological polar surface area (TPSA) is 34.2 Å². The third-order valence-electron chi connectivity index (χ3n) is 3.56. The lowest BCUT2D eigenvalue weighted by atomic mass is 10.0. The predicted octanol–water partition coefficient (Wildman–Crippen LogP) is 3.70. The first-order chi connectivity index (χ1) is 9.22. The van der Waals surface area contributed by atoms with E-state index >= 15 is 0 Å². The third kappa shape index (κ3) is 2.07. The van der Waals surface area contributed by atoms with Crippen molar-refractivity contribution in [1.29, 1.82) is 0 Å². The quantitative estimate of drug-likeness (QED) is 0.908. The summed E-state index contributed by atoms with van der Waals surface area (Å²) < 4.78 is 5.58. The molecule has 0 bridgehead atoms. The number of anilines is 1. The van der Waals surface area contributed by atoms with Crippen molar-refractivity contribution in [3.05, 3.63) is 34.0 Å². The van der Waals surface area contributed by atoms with Gasteiger partial charge in [-0.25, -0.2) is 0 Å². The van der Waals surface area contributed by atoms with Crippen molar-refractivity contribution in [3.8, 4) is 0 Å². The Morgan fingerprint density at radius 1 is 1.42 bits per heavy atom. The van der Waals surface area contributed by atoms with Gasteiger partial charge in [0.15, 0.2) is 0 Å². The van der Waals surface area contributed by atoms with Crippen LogP contribution in [0.25, 0.3) is 10.9 Å². The fourth-order valence-electron chi connectivity index (χ4n) is 2.63. The molecule has 19 heavy (non-hydrogen) atoms. The molecular formula is C15H17ClN2O. The lowest BCUT2D eigenvalue weighted by molar-refractivity contribution is 0.110. The van der Waals surface area contributed by atoms with Crippen LogP contribution >= 0.6 is 11.6 Å². The summed E-state index contributed by atoms with van der Waals surface area (Å²) in [6, 6.07) is 3.97. The van der Waals surface area contributed by atoms with Crippen LogP contribution in [0.1, 0.15) is 23.7 Å². The number of aryl methyl sites for hydroxylation is 1. The van der Waals surface area contributed by atoms with Gasteiger partial charge in [0.25, 0.3) is 0 Å². The highest BCUT2D eigenvalue weighted by Crippen LogP contribution is 2.37. The summed E-state index contributed by atoms with van der Waals surface area (Å²) >= 11 is 6.39. The Hall–Kier alpha value is -1.32. The summed E-state index contributed by atoms with van der Waals surface area (Å²) in [5.74, 6) is 0. The zero-order valence-corrected chi connectivity index (χ0v) is 12.0. The van der Waals surface area contributed by atoms with E-state index in [9.17, 15) is 0 Å². The molecule has 1 N–H and O–H groups in total. The maximum absolute atomic E-state index is 6.39. The summed E-state index contributed by atoms with van der Waals surface area (Å²) in [5.41, 5.74) is 5.56. The Morgan fingerprint density at radius 3 is 3.05 bits per heavy atom. The highest BCUT2D eigenvalue weighted by Gasteiger charge is 2.20. The van der Waals surface area contributed by atoms with Crippen molar-refractivity contribution in [1.82, 2.24) is 4.98 Å².